The maximum atomic E-state index is 13.7. The number of hydrogen-bond donors (Lipinski definition) is 1. The molecular formula is C15H16F3N3O2S. The molecule has 2 heterocycles. The molecule has 9 heteroatoms. The van der Waals surface area contributed by atoms with Gasteiger partial charge in [0.05, 0.1) is 11.6 Å². The summed E-state index contributed by atoms with van der Waals surface area (Å²) in [6.45, 7) is 1.11. The Morgan fingerprint density at radius 2 is 1.71 bits per heavy atom. The molecule has 1 atom stereocenters. The topological polar surface area (TPSA) is 52.7 Å². The number of nitrogens with zero attached hydrogens (tertiary/aromatic N) is 2. The van der Waals surface area contributed by atoms with Crippen LogP contribution in [0, 0.1) is 17.5 Å². The summed E-state index contributed by atoms with van der Waals surface area (Å²) >= 11 is 1.65. The molecular weight excluding hydrogens is 343 g/mol. The van der Waals surface area contributed by atoms with Gasteiger partial charge in [-0.15, -0.1) is 11.8 Å². The van der Waals surface area contributed by atoms with E-state index >= 15 is 0 Å². The summed E-state index contributed by atoms with van der Waals surface area (Å²) in [6, 6.07) is 1.46. The van der Waals surface area contributed by atoms with Crippen LogP contribution in [0.4, 0.5) is 13.2 Å². The Kier molecular flexibility index (Phi) is 5.00. The summed E-state index contributed by atoms with van der Waals surface area (Å²) in [7, 11) is 0. The monoisotopic (exact) mass is 359 g/mol. The van der Waals surface area contributed by atoms with Gasteiger partial charge in [-0.25, -0.2) is 13.2 Å². The third-order valence-corrected chi connectivity index (χ3v) is 5.10. The van der Waals surface area contributed by atoms with Gasteiger partial charge in [0.15, 0.2) is 17.5 Å². The smallest absolute Gasteiger partial charge is 0.257 e. The molecule has 0 saturated carbocycles. The molecule has 2 aliphatic heterocycles. The van der Waals surface area contributed by atoms with Gasteiger partial charge in [-0.2, -0.15) is 0 Å². The Bertz CT molecular complexity index is 660. The van der Waals surface area contributed by atoms with E-state index in [0.717, 1.165) is 23.8 Å². The van der Waals surface area contributed by atoms with Gasteiger partial charge < -0.3 is 9.80 Å². The molecule has 0 aromatic heterocycles. The van der Waals surface area contributed by atoms with E-state index in [2.05, 4.69) is 5.32 Å². The van der Waals surface area contributed by atoms with Gasteiger partial charge in [-0.05, 0) is 12.1 Å². The van der Waals surface area contributed by atoms with Crippen molar-refractivity contribution in [2.45, 2.75) is 6.04 Å². The molecule has 0 spiro atoms. The SMILES string of the molecule is O=C(c1ccc(F)c(F)c1F)N1CCN(C(=O)C2CSCN2)CC1. The average molecular weight is 359 g/mol. The van der Waals surface area contributed by atoms with Gasteiger partial charge in [0.2, 0.25) is 5.91 Å². The number of carbonyl (C=O) groups excluding carboxylic acids is 2. The number of amides is 2. The number of piperazine rings is 1. The van der Waals surface area contributed by atoms with E-state index in [0.29, 0.717) is 13.1 Å². The minimum atomic E-state index is -1.65. The molecule has 2 amide bonds. The van der Waals surface area contributed by atoms with Gasteiger partial charge >= 0.3 is 0 Å². The first-order chi connectivity index (χ1) is 11.5. The number of hydrogen-bond acceptors (Lipinski definition) is 4. The molecule has 0 radical (unpaired) electrons. The van der Waals surface area contributed by atoms with Crippen LogP contribution in [0.2, 0.25) is 0 Å². The number of thioether (sulfide) groups is 1. The number of carbonyl (C=O) groups is 2. The summed E-state index contributed by atoms with van der Waals surface area (Å²) in [6.07, 6.45) is 0. The minimum Gasteiger partial charge on any atom is -0.338 e. The van der Waals surface area contributed by atoms with Gasteiger partial charge in [-0.3, -0.25) is 14.9 Å². The van der Waals surface area contributed by atoms with Gasteiger partial charge in [-0.1, -0.05) is 0 Å². The zero-order valence-electron chi connectivity index (χ0n) is 12.7. The van der Waals surface area contributed by atoms with Crippen LogP contribution in [0.25, 0.3) is 0 Å². The van der Waals surface area contributed by atoms with Gasteiger partial charge in [0, 0.05) is 37.8 Å². The van der Waals surface area contributed by atoms with Crippen LogP contribution in [-0.4, -0.2) is 65.5 Å². The lowest BCUT2D eigenvalue weighted by atomic mass is 10.1. The summed E-state index contributed by atoms with van der Waals surface area (Å²) in [5.41, 5.74) is -0.498. The second-order valence-electron chi connectivity index (χ2n) is 5.61. The quantitative estimate of drug-likeness (QED) is 0.802. The molecule has 1 unspecified atom stereocenters. The van der Waals surface area contributed by atoms with Gasteiger partial charge in [0.25, 0.3) is 5.91 Å². The second-order valence-corrected chi connectivity index (χ2v) is 6.64. The number of benzene rings is 1. The summed E-state index contributed by atoms with van der Waals surface area (Å²) in [5, 5.41) is 3.10. The Labute approximate surface area is 141 Å². The van der Waals surface area contributed by atoms with Crippen molar-refractivity contribution >= 4 is 23.6 Å². The van der Waals surface area contributed by atoms with Crippen LogP contribution >= 0.6 is 11.8 Å². The van der Waals surface area contributed by atoms with E-state index in [1.807, 2.05) is 0 Å². The maximum absolute atomic E-state index is 13.7. The Morgan fingerprint density at radius 3 is 2.33 bits per heavy atom. The summed E-state index contributed by atoms with van der Waals surface area (Å²) in [5.74, 6) is -3.71. The first-order valence-corrected chi connectivity index (χ1v) is 8.67. The van der Waals surface area contributed by atoms with Crippen molar-refractivity contribution in [2.24, 2.45) is 0 Å². The summed E-state index contributed by atoms with van der Waals surface area (Å²) in [4.78, 5) is 27.6. The lowest BCUT2D eigenvalue weighted by molar-refractivity contribution is -0.134. The summed E-state index contributed by atoms with van der Waals surface area (Å²) < 4.78 is 40.0. The standard InChI is InChI=1S/C15H16F3N3O2S/c16-10-2-1-9(12(17)13(10)18)14(22)20-3-5-21(6-4-20)15(23)11-7-24-8-19-11/h1-2,11,19H,3-8H2. The Balaban J connectivity index is 1.63. The van der Waals surface area contributed by atoms with E-state index in [1.54, 1.807) is 16.7 Å². The highest BCUT2D eigenvalue weighted by atomic mass is 32.2. The van der Waals surface area contributed by atoms with E-state index in [4.69, 9.17) is 0 Å². The molecule has 1 aromatic carbocycles. The predicted octanol–water partition coefficient (Wildman–Crippen LogP) is 1.05. The second kappa shape index (κ2) is 7.02. The lowest BCUT2D eigenvalue weighted by Crippen LogP contribution is -2.54. The molecule has 5 nitrogen and oxygen atoms in total. The normalized spacial score (nSPS) is 21.2. The van der Waals surface area contributed by atoms with Crippen molar-refractivity contribution in [3.63, 3.8) is 0 Å². The van der Waals surface area contributed by atoms with Crippen LogP contribution in [0.3, 0.4) is 0 Å². The van der Waals surface area contributed by atoms with Gasteiger partial charge in [0.1, 0.15) is 0 Å². The molecule has 1 aromatic rings. The fourth-order valence-electron chi connectivity index (χ4n) is 2.77. The maximum Gasteiger partial charge on any atom is 0.257 e. The third-order valence-electron chi connectivity index (χ3n) is 4.16. The largest absolute Gasteiger partial charge is 0.338 e. The molecule has 130 valence electrons. The molecule has 0 aliphatic carbocycles. The molecule has 1 N–H and O–H groups in total. The first-order valence-electron chi connectivity index (χ1n) is 7.51. The van der Waals surface area contributed by atoms with Crippen molar-refractivity contribution in [3.05, 3.63) is 35.1 Å². The van der Waals surface area contributed by atoms with E-state index in [9.17, 15) is 22.8 Å². The van der Waals surface area contributed by atoms with Crippen molar-refractivity contribution in [1.29, 1.82) is 0 Å². The highest BCUT2D eigenvalue weighted by Crippen LogP contribution is 2.18. The zero-order chi connectivity index (χ0) is 17.3. The number of nitrogens with one attached hydrogen (secondary N) is 1. The molecule has 24 heavy (non-hydrogen) atoms. The predicted molar refractivity (Wildman–Crippen MR) is 83.0 cm³/mol. The Hall–Kier alpha value is -1.74. The number of rotatable bonds is 2. The van der Waals surface area contributed by atoms with E-state index < -0.39 is 28.9 Å². The first kappa shape index (κ1) is 17.1. The molecule has 3 rings (SSSR count). The molecule has 0 bridgehead atoms. The van der Waals surface area contributed by atoms with Crippen molar-refractivity contribution in [1.82, 2.24) is 15.1 Å². The highest BCUT2D eigenvalue weighted by molar-refractivity contribution is 7.99. The van der Waals surface area contributed by atoms with Crippen LogP contribution < -0.4 is 5.32 Å². The average Bonchev–Trinajstić information content (AvgIpc) is 3.13. The van der Waals surface area contributed by atoms with Crippen molar-refractivity contribution in [3.8, 4) is 0 Å². The highest BCUT2D eigenvalue weighted by Gasteiger charge is 2.31. The third kappa shape index (κ3) is 3.23. The molecule has 2 saturated heterocycles. The van der Waals surface area contributed by atoms with Crippen LogP contribution in [-0.2, 0) is 4.79 Å². The minimum absolute atomic E-state index is 0.00824. The van der Waals surface area contributed by atoms with Crippen molar-refractivity contribution < 1.29 is 22.8 Å². The van der Waals surface area contributed by atoms with Crippen LogP contribution in [0.15, 0.2) is 12.1 Å². The lowest BCUT2D eigenvalue weighted by Gasteiger charge is -2.36. The van der Waals surface area contributed by atoms with Crippen LogP contribution in [0.5, 0.6) is 0 Å². The molecule has 2 fully saturated rings. The fraction of sp³-hybridized carbons (Fsp3) is 0.467. The van der Waals surface area contributed by atoms with Crippen LogP contribution in [0.1, 0.15) is 10.4 Å². The number of halogens is 3. The zero-order valence-corrected chi connectivity index (χ0v) is 13.5. The van der Waals surface area contributed by atoms with E-state index in [-0.39, 0.29) is 25.0 Å². The van der Waals surface area contributed by atoms with Crippen molar-refractivity contribution in [2.75, 3.05) is 37.8 Å². The molecule has 2 aliphatic rings. The van der Waals surface area contributed by atoms with E-state index in [1.165, 1.54) is 4.90 Å². The fourth-order valence-corrected chi connectivity index (χ4v) is 3.70. The Morgan fingerprint density at radius 1 is 1.04 bits per heavy atom.